The first-order valence-corrected chi connectivity index (χ1v) is 8.62. The van der Waals surface area contributed by atoms with Gasteiger partial charge in [0, 0.05) is 23.5 Å². The van der Waals surface area contributed by atoms with Crippen LogP contribution in [-0.2, 0) is 0 Å². The number of nitrogens with zero attached hydrogens (tertiary/aromatic N) is 2. The third kappa shape index (κ3) is 2.79. The first-order valence-electron chi connectivity index (χ1n) is 7.80. The van der Waals surface area contributed by atoms with E-state index < -0.39 is 6.10 Å². The van der Waals surface area contributed by atoms with Crippen LogP contribution in [0.5, 0.6) is 0 Å². The van der Waals surface area contributed by atoms with Crippen LogP contribution in [0.15, 0.2) is 6.07 Å². The van der Waals surface area contributed by atoms with Crippen LogP contribution in [0.1, 0.15) is 56.4 Å². The van der Waals surface area contributed by atoms with E-state index in [1.165, 1.54) is 37.0 Å². The van der Waals surface area contributed by atoms with E-state index in [1.807, 2.05) is 0 Å². The van der Waals surface area contributed by atoms with Crippen molar-refractivity contribution in [3.05, 3.63) is 21.1 Å². The minimum Gasteiger partial charge on any atom is -0.388 e. The summed E-state index contributed by atoms with van der Waals surface area (Å²) in [6.45, 7) is 2.57. The second-order valence-electron chi connectivity index (χ2n) is 6.22. The van der Waals surface area contributed by atoms with Crippen molar-refractivity contribution in [3.63, 3.8) is 0 Å². The summed E-state index contributed by atoms with van der Waals surface area (Å²) in [6, 6.07) is 2.00. The maximum Gasteiger partial charge on any atom is 0.304 e. The number of nitro groups is 1. The van der Waals surface area contributed by atoms with Crippen molar-refractivity contribution in [1.82, 2.24) is 0 Å². The van der Waals surface area contributed by atoms with Gasteiger partial charge in [-0.1, -0.05) is 12.8 Å². The monoisotopic (exact) mass is 310 g/mol. The summed E-state index contributed by atoms with van der Waals surface area (Å²) in [5.41, 5.74) is 0.167. The van der Waals surface area contributed by atoms with Crippen LogP contribution in [0.2, 0.25) is 0 Å². The lowest BCUT2D eigenvalue weighted by Crippen LogP contribution is -2.34. The summed E-state index contributed by atoms with van der Waals surface area (Å²) in [6.07, 6.45) is 6.70. The zero-order valence-electron chi connectivity index (χ0n) is 12.3. The quantitative estimate of drug-likeness (QED) is 0.677. The van der Waals surface area contributed by atoms with Gasteiger partial charge in [-0.3, -0.25) is 10.1 Å². The van der Waals surface area contributed by atoms with Gasteiger partial charge in [0.15, 0.2) is 5.00 Å². The van der Waals surface area contributed by atoms with Crippen LogP contribution in [0.4, 0.5) is 10.7 Å². The average Bonchev–Trinajstić information content (AvgIpc) is 3.17. The van der Waals surface area contributed by atoms with Crippen LogP contribution in [0, 0.1) is 16.0 Å². The van der Waals surface area contributed by atoms with Crippen molar-refractivity contribution in [1.29, 1.82) is 0 Å². The second-order valence-corrected chi connectivity index (χ2v) is 7.28. The molecule has 6 heteroatoms. The fourth-order valence-electron chi connectivity index (χ4n) is 3.81. The fraction of sp³-hybridized carbons (Fsp3) is 0.733. The Morgan fingerprint density at radius 2 is 2.10 bits per heavy atom. The molecule has 3 rings (SSSR count). The van der Waals surface area contributed by atoms with Gasteiger partial charge in [-0.2, -0.15) is 0 Å². The molecular weight excluding hydrogens is 288 g/mol. The van der Waals surface area contributed by atoms with Gasteiger partial charge >= 0.3 is 5.69 Å². The Morgan fingerprint density at radius 1 is 1.38 bits per heavy atom. The van der Waals surface area contributed by atoms with Gasteiger partial charge < -0.3 is 10.0 Å². The zero-order chi connectivity index (χ0) is 15.0. The van der Waals surface area contributed by atoms with E-state index in [1.54, 1.807) is 13.0 Å². The van der Waals surface area contributed by atoms with Gasteiger partial charge in [0.2, 0.25) is 0 Å². The Morgan fingerprint density at radius 3 is 2.71 bits per heavy atom. The molecular formula is C15H22N2O3S. The van der Waals surface area contributed by atoms with Crippen molar-refractivity contribution < 1.29 is 10.0 Å². The van der Waals surface area contributed by atoms with E-state index in [0.29, 0.717) is 16.8 Å². The van der Waals surface area contributed by atoms with Gasteiger partial charge in [-0.25, -0.2) is 0 Å². The molecule has 2 fully saturated rings. The smallest absolute Gasteiger partial charge is 0.304 e. The van der Waals surface area contributed by atoms with Gasteiger partial charge in [0.1, 0.15) is 0 Å². The highest BCUT2D eigenvalue weighted by Gasteiger charge is 2.37. The van der Waals surface area contributed by atoms with Crippen molar-refractivity contribution in [2.75, 3.05) is 11.4 Å². The van der Waals surface area contributed by atoms with Crippen LogP contribution >= 0.6 is 11.3 Å². The molecule has 2 atom stereocenters. The number of aliphatic hydroxyl groups is 1. The predicted octanol–water partition coefficient (Wildman–Crippen LogP) is 3.87. The summed E-state index contributed by atoms with van der Waals surface area (Å²) in [5, 5.41) is 21.8. The van der Waals surface area contributed by atoms with Crippen molar-refractivity contribution >= 4 is 22.0 Å². The number of hydrogen-bond donors (Lipinski definition) is 1. The molecule has 0 bridgehead atoms. The van der Waals surface area contributed by atoms with E-state index in [-0.39, 0.29) is 10.6 Å². The summed E-state index contributed by atoms with van der Waals surface area (Å²) < 4.78 is 0. The van der Waals surface area contributed by atoms with Crippen molar-refractivity contribution in [2.45, 2.75) is 57.6 Å². The van der Waals surface area contributed by atoms with Gasteiger partial charge in [-0.05, 0) is 38.5 Å². The lowest BCUT2D eigenvalue weighted by Gasteiger charge is -2.29. The summed E-state index contributed by atoms with van der Waals surface area (Å²) in [7, 11) is 0. The molecule has 0 radical (unpaired) electrons. The molecule has 1 unspecified atom stereocenters. The average molecular weight is 310 g/mol. The van der Waals surface area contributed by atoms with Crippen LogP contribution in [-0.4, -0.2) is 22.6 Å². The molecule has 1 saturated heterocycles. The molecule has 1 aliphatic heterocycles. The van der Waals surface area contributed by atoms with Crippen LogP contribution in [0.25, 0.3) is 0 Å². The third-order valence-corrected chi connectivity index (χ3v) is 6.16. The molecule has 1 aromatic rings. The Hall–Kier alpha value is -1.14. The minimum absolute atomic E-state index is 0.167. The lowest BCUT2D eigenvalue weighted by molar-refractivity contribution is -0.383. The summed E-state index contributed by atoms with van der Waals surface area (Å²) in [5.74, 6) is 0.684. The van der Waals surface area contributed by atoms with E-state index in [9.17, 15) is 15.2 Å². The lowest BCUT2D eigenvalue weighted by atomic mass is 9.96. The SMILES string of the molecule is C[C@H](O)c1cc([N+](=O)[O-])c(N2CCCC2C2CCCC2)s1. The van der Waals surface area contributed by atoms with Crippen molar-refractivity contribution in [2.24, 2.45) is 5.92 Å². The first kappa shape index (κ1) is 14.8. The summed E-state index contributed by atoms with van der Waals surface area (Å²) in [4.78, 5) is 14.0. The van der Waals surface area contributed by atoms with Gasteiger partial charge in [0.25, 0.3) is 0 Å². The fourth-order valence-corrected chi connectivity index (χ4v) is 4.96. The van der Waals surface area contributed by atoms with Gasteiger partial charge in [0.05, 0.1) is 11.0 Å². The van der Waals surface area contributed by atoms with E-state index >= 15 is 0 Å². The highest BCUT2D eigenvalue weighted by atomic mass is 32.1. The maximum atomic E-state index is 11.3. The number of thiophene rings is 1. The molecule has 1 saturated carbocycles. The molecule has 0 amide bonds. The zero-order valence-corrected chi connectivity index (χ0v) is 13.1. The topological polar surface area (TPSA) is 66.6 Å². The molecule has 0 aromatic carbocycles. The molecule has 2 heterocycles. The van der Waals surface area contributed by atoms with Crippen LogP contribution < -0.4 is 4.90 Å². The minimum atomic E-state index is -0.644. The predicted molar refractivity (Wildman–Crippen MR) is 83.9 cm³/mol. The summed E-state index contributed by atoms with van der Waals surface area (Å²) >= 11 is 1.39. The molecule has 1 aromatic heterocycles. The van der Waals surface area contributed by atoms with E-state index in [4.69, 9.17) is 0 Å². The second kappa shape index (κ2) is 5.93. The van der Waals surface area contributed by atoms with Crippen LogP contribution in [0.3, 0.4) is 0 Å². The Labute approximate surface area is 128 Å². The highest BCUT2D eigenvalue weighted by Crippen LogP contribution is 2.45. The molecule has 5 nitrogen and oxygen atoms in total. The molecule has 0 spiro atoms. The highest BCUT2D eigenvalue weighted by molar-refractivity contribution is 7.16. The standard InChI is InChI=1S/C15H22N2O3S/c1-10(18)14-9-13(17(19)20)15(21-14)16-8-4-7-12(16)11-5-2-3-6-11/h9-12,18H,2-8H2,1H3/t10-,12?/m0/s1. The largest absolute Gasteiger partial charge is 0.388 e. The molecule has 1 aliphatic carbocycles. The number of aliphatic hydroxyl groups excluding tert-OH is 1. The number of hydrogen-bond acceptors (Lipinski definition) is 5. The Kier molecular flexibility index (Phi) is 4.17. The van der Waals surface area contributed by atoms with E-state index in [0.717, 1.165) is 24.4 Å². The van der Waals surface area contributed by atoms with Gasteiger partial charge in [-0.15, -0.1) is 11.3 Å². The Bertz CT molecular complexity index is 523. The normalized spacial score (nSPS) is 24.7. The maximum absolute atomic E-state index is 11.3. The number of rotatable bonds is 4. The molecule has 2 aliphatic rings. The van der Waals surface area contributed by atoms with E-state index in [2.05, 4.69) is 4.90 Å². The molecule has 21 heavy (non-hydrogen) atoms. The first-order chi connectivity index (χ1) is 10.1. The molecule has 116 valence electrons. The molecule has 1 N–H and O–H groups in total. The Balaban J connectivity index is 1.92. The number of anilines is 1. The van der Waals surface area contributed by atoms with Crippen molar-refractivity contribution in [3.8, 4) is 0 Å². The third-order valence-electron chi connectivity index (χ3n) is 4.83.